The fourth-order valence-electron chi connectivity index (χ4n) is 1.64. The van der Waals surface area contributed by atoms with Crippen LogP contribution in [0.3, 0.4) is 0 Å². The second kappa shape index (κ2) is 4.66. The maximum Gasteiger partial charge on any atom is 0.146 e. The minimum absolute atomic E-state index is 0.135. The summed E-state index contributed by atoms with van der Waals surface area (Å²) in [7, 11) is 0. The highest BCUT2D eigenvalue weighted by Crippen LogP contribution is 2.26. The van der Waals surface area contributed by atoms with Gasteiger partial charge in [0.05, 0.1) is 11.7 Å². The Bertz CT molecular complexity index is 445. The average molecular weight is 235 g/mol. The topological polar surface area (TPSA) is 12.0 Å². The van der Waals surface area contributed by atoms with Crippen LogP contribution in [0.4, 0.5) is 10.1 Å². The summed E-state index contributed by atoms with van der Waals surface area (Å²) in [5, 5.41) is 5.25. The van der Waals surface area contributed by atoms with Gasteiger partial charge in [0.15, 0.2) is 0 Å². The van der Waals surface area contributed by atoms with E-state index in [1.54, 1.807) is 17.4 Å². The Balaban J connectivity index is 2.21. The standard InChI is InChI=1S/C13H14FNS/c1-9-5-3-6-11(14)13(9)15-10(2)12-7-4-8-16-12/h3-8,10,15H,1-2H3. The molecule has 0 radical (unpaired) electrons. The lowest BCUT2D eigenvalue weighted by molar-refractivity contribution is 0.626. The molecule has 1 aromatic heterocycles. The van der Waals surface area contributed by atoms with E-state index in [1.165, 1.54) is 10.9 Å². The Labute approximate surface area is 98.9 Å². The van der Waals surface area contributed by atoms with Crippen molar-refractivity contribution in [2.45, 2.75) is 19.9 Å². The Hall–Kier alpha value is -1.35. The Morgan fingerprint density at radius 1 is 1.25 bits per heavy atom. The van der Waals surface area contributed by atoms with Crippen molar-refractivity contribution in [1.82, 2.24) is 0 Å². The van der Waals surface area contributed by atoms with Gasteiger partial charge in [0.25, 0.3) is 0 Å². The molecule has 0 aliphatic heterocycles. The first-order valence-corrected chi connectivity index (χ1v) is 6.11. The van der Waals surface area contributed by atoms with Crippen molar-refractivity contribution in [3.63, 3.8) is 0 Å². The molecule has 1 atom stereocenters. The van der Waals surface area contributed by atoms with Gasteiger partial charge in [-0.25, -0.2) is 4.39 Å². The number of nitrogens with one attached hydrogen (secondary N) is 1. The molecule has 0 fully saturated rings. The maximum absolute atomic E-state index is 13.6. The molecule has 0 spiro atoms. The minimum Gasteiger partial charge on any atom is -0.375 e. The molecule has 0 bridgehead atoms. The number of benzene rings is 1. The minimum atomic E-state index is -0.191. The molecular weight excluding hydrogens is 221 g/mol. The zero-order valence-electron chi connectivity index (χ0n) is 9.33. The van der Waals surface area contributed by atoms with Gasteiger partial charge < -0.3 is 5.32 Å². The third kappa shape index (κ3) is 2.25. The van der Waals surface area contributed by atoms with Crippen LogP contribution in [0.15, 0.2) is 35.7 Å². The largest absolute Gasteiger partial charge is 0.375 e. The zero-order chi connectivity index (χ0) is 11.5. The molecule has 1 nitrogen and oxygen atoms in total. The number of aryl methyl sites for hydroxylation is 1. The van der Waals surface area contributed by atoms with Gasteiger partial charge >= 0.3 is 0 Å². The molecule has 0 aliphatic carbocycles. The molecule has 84 valence electrons. The summed E-state index contributed by atoms with van der Waals surface area (Å²) in [5.41, 5.74) is 1.53. The molecule has 2 rings (SSSR count). The van der Waals surface area contributed by atoms with Crippen LogP contribution in [-0.2, 0) is 0 Å². The highest BCUT2D eigenvalue weighted by Gasteiger charge is 2.10. The lowest BCUT2D eigenvalue weighted by Crippen LogP contribution is -2.07. The molecular formula is C13H14FNS. The zero-order valence-corrected chi connectivity index (χ0v) is 10.1. The van der Waals surface area contributed by atoms with E-state index in [9.17, 15) is 4.39 Å². The van der Waals surface area contributed by atoms with Crippen LogP contribution < -0.4 is 5.32 Å². The Kier molecular flexibility index (Phi) is 3.25. The smallest absolute Gasteiger partial charge is 0.146 e. The lowest BCUT2D eigenvalue weighted by Gasteiger charge is -2.16. The molecule has 0 aliphatic rings. The second-order valence-electron chi connectivity index (χ2n) is 3.81. The number of rotatable bonds is 3. The number of hydrogen-bond acceptors (Lipinski definition) is 2. The first-order valence-electron chi connectivity index (χ1n) is 5.23. The van der Waals surface area contributed by atoms with Crippen LogP contribution in [-0.4, -0.2) is 0 Å². The van der Waals surface area contributed by atoms with Crippen molar-refractivity contribution in [3.05, 3.63) is 52.0 Å². The van der Waals surface area contributed by atoms with E-state index in [0.29, 0.717) is 5.69 Å². The summed E-state index contributed by atoms with van der Waals surface area (Å²) in [5.74, 6) is -0.191. The van der Waals surface area contributed by atoms with Crippen LogP contribution in [0, 0.1) is 12.7 Å². The first-order chi connectivity index (χ1) is 7.68. The van der Waals surface area contributed by atoms with Gasteiger partial charge in [-0.2, -0.15) is 0 Å². The lowest BCUT2D eigenvalue weighted by atomic mass is 10.1. The van der Waals surface area contributed by atoms with E-state index >= 15 is 0 Å². The number of anilines is 1. The third-order valence-electron chi connectivity index (χ3n) is 2.55. The van der Waals surface area contributed by atoms with Crippen molar-refractivity contribution >= 4 is 17.0 Å². The van der Waals surface area contributed by atoms with Crippen LogP contribution in [0.25, 0.3) is 0 Å². The molecule has 0 saturated carbocycles. The quantitative estimate of drug-likeness (QED) is 0.833. The van der Waals surface area contributed by atoms with E-state index < -0.39 is 0 Å². The average Bonchev–Trinajstić information content (AvgIpc) is 2.76. The molecule has 16 heavy (non-hydrogen) atoms. The van der Waals surface area contributed by atoms with Crippen molar-refractivity contribution < 1.29 is 4.39 Å². The van der Waals surface area contributed by atoms with Gasteiger partial charge in [0.1, 0.15) is 5.82 Å². The molecule has 2 aromatic rings. The molecule has 1 unspecified atom stereocenters. The molecule has 1 aromatic carbocycles. The fraction of sp³-hybridized carbons (Fsp3) is 0.231. The van der Waals surface area contributed by atoms with E-state index in [2.05, 4.69) is 11.4 Å². The summed E-state index contributed by atoms with van der Waals surface area (Å²) in [6, 6.07) is 9.31. The van der Waals surface area contributed by atoms with Crippen LogP contribution in [0.1, 0.15) is 23.4 Å². The first kappa shape index (κ1) is 11.1. The highest BCUT2D eigenvalue weighted by molar-refractivity contribution is 7.10. The monoisotopic (exact) mass is 235 g/mol. The number of hydrogen-bond donors (Lipinski definition) is 1. The molecule has 0 amide bonds. The number of para-hydroxylation sites is 1. The van der Waals surface area contributed by atoms with Gasteiger partial charge in [0.2, 0.25) is 0 Å². The van der Waals surface area contributed by atoms with Gasteiger partial charge in [-0.15, -0.1) is 11.3 Å². The van der Waals surface area contributed by atoms with Crippen molar-refractivity contribution in [3.8, 4) is 0 Å². The van der Waals surface area contributed by atoms with E-state index in [4.69, 9.17) is 0 Å². The Morgan fingerprint density at radius 3 is 2.69 bits per heavy atom. The molecule has 0 saturated heterocycles. The molecule has 3 heteroatoms. The highest BCUT2D eigenvalue weighted by atomic mass is 32.1. The van der Waals surface area contributed by atoms with Crippen molar-refractivity contribution in [2.24, 2.45) is 0 Å². The van der Waals surface area contributed by atoms with Crippen LogP contribution in [0.5, 0.6) is 0 Å². The van der Waals surface area contributed by atoms with Gasteiger partial charge in [-0.1, -0.05) is 18.2 Å². The molecule has 1 N–H and O–H groups in total. The summed E-state index contributed by atoms with van der Waals surface area (Å²) in [4.78, 5) is 1.21. The van der Waals surface area contributed by atoms with Crippen LogP contribution >= 0.6 is 11.3 Å². The SMILES string of the molecule is Cc1cccc(F)c1NC(C)c1cccs1. The van der Waals surface area contributed by atoms with E-state index in [1.807, 2.05) is 31.4 Å². The Morgan fingerprint density at radius 2 is 2.06 bits per heavy atom. The molecule has 1 heterocycles. The maximum atomic E-state index is 13.6. The summed E-state index contributed by atoms with van der Waals surface area (Å²) >= 11 is 1.68. The predicted molar refractivity (Wildman–Crippen MR) is 67.5 cm³/mol. The van der Waals surface area contributed by atoms with Crippen LogP contribution in [0.2, 0.25) is 0 Å². The summed E-state index contributed by atoms with van der Waals surface area (Å²) in [6.07, 6.45) is 0. The van der Waals surface area contributed by atoms with Gasteiger partial charge in [0, 0.05) is 4.88 Å². The fourth-order valence-corrected chi connectivity index (χ4v) is 2.37. The van der Waals surface area contributed by atoms with Crippen molar-refractivity contribution in [1.29, 1.82) is 0 Å². The predicted octanol–water partition coefficient (Wildman–Crippen LogP) is 4.37. The third-order valence-corrected chi connectivity index (χ3v) is 3.61. The summed E-state index contributed by atoms with van der Waals surface area (Å²) < 4.78 is 13.6. The van der Waals surface area contributed by atoms with E-state index in [0.717, 1.165) is 5.56 Å². The van der Waals surface area contributed by atoms with E-state index in [-0.39, 0.29) is 11.9 Å². The number of thiophene rings is 1. The normalized spacial score (nSPS) is 12.4. The number of halogens is 1. The summed E-state index contributed by atoms with van der Waals surface area (Å²) in [6.45, 7) is 3.95. The van der Waals surface area contributed by atoms with Gasteiger partial charge in [-0.05, 0) is 36.9 Å². The van der Waals surface area contributed by atoms with Gasteiger partial charge in [-0.3, -0.25) is 0 Å². The second-order valence-corrected chi connectivity index (χ2v) is 4.79. The van der Waals surface area contributed by atoms with Crippen molar-refractivity contribution in [2.75, 3.05) is 5.32 Å².